The third kappa shape index (κ3) is 2.52. The van der Waals surface area contributed by atoms with Crippen LogP contribution in [0, 0.1) is 10.8 Å². The van der Waals surface area contributed by atoms with Crippen LogP contribution in [0.1, 0.15) is 40.0 Å². The van der Waals surface area contributed by atoms with Gasteiger partial charge in [0.15, 0.2) is 0 Å². The van der Waals surface area contributed by atoms with Gasteiger partial charge >= 0.3 is 0 Å². The number of hydrogen-bond acceptors (Lipinski definition) is 2. The molecule has 0 amide bonds. The van der Waals surface area contributed by atoms with Crippen LogP contribution in [-0.4, -0.2) is 21.2 Å². The summed E-state index contributed by atoms with van der Waals surface area (Å²) in [5.41, 5.74) is 0.239. The molecule has 3 heteroatoms. The summed E-state index contributed by atoms with van der Waals surface area (Å²) in [5.74, 6) is 0. The van der Waals surface area contributed by atoms with Crippen molar-refractivity contribution in [3.63, 3.8) is 0 Å². The van der Waals surface area contributed by atoms with Crippen LogP contribution in [0.3, 0.4) is 0 Å². The monoisotopic (exact) mass is 364 g/mol. The Morgan fingerprint density at radius 3 is 1.77 bits per heavy atom. The van der Waals surface area contributed by atoms with Crippen molar-refractivity contribution in [1.82, 2.24) is 0 Å². The second kappa shape index (κ2) is 5.90. The fraction of sp³-hybridized carbons (Fsp3) is 0.435. The molecule has 3 aliphatic carbocycles. The van der Waals surface area contributed by atoms with E-state index in [4.69, 9.17) is 4.43 Å². The van der Waals surface area contributed by atoms with Crippen LogP contribution >= 0.6 is 0 Å². The lowest BCUT2D eigenvalue weighted by Gasteiger charge is -2.68. The summed E-state index contributed by atoms with van der Waals surface area (Å²) >= 11 is 0. The fourth-order valence-corrected chi connectivity index (χ4v) is 10.1. The van der Waals surface area contributed by atoms with Crippen molar-refractivity contribution in [2.75, 3.05) is 6.61 Å². The molecule has 26 heavy (non-hydrogen) atoms. The van der Waals surface area contributed by atoms with E-state index in [-0.39, 0.29) is 15.9 Å². The lowest BCUT2D eigenvalue weighted by molar-refractivity contribution is -0.206. The molecule has 3 fully saturated rings. The van der Waals surface area contributed by atoms with Gasteiger partial charge in [-0.3, -0.25) is 0 Å². The number of carbonyl (C=O) groups is 1. The summed E-state index contributed by atoms with van der Waals surface area (Å²) in [4.78, 5) is 11.3. The van der Waals surface area contributed by atoms with E-state index >= 15 is 0 Å². The highest BCUT2D eigenvalue weighted by atomic mass is 28.4. The molecule has 0 saturated heterocycles. The minimum atomic E-state index is -2.44. The first-order valence-electron chi connectivity index (χ1n) is 9.56. The van der Waals surface area contributed by atoms with Crippen LogP contribution in [0.25, 0.3) is 0 Å². The molecular formula is C23H28O2Si. The van der Waals surface area contributed by atoms with Gasteiger partial charge in [-0.15, -0.1) is 0 Å². The first-order valence-corrected chi connectivity index (χ1v) is 11.5. The standard InChI is InChI=1S/C23H28O2Si/c1-21(2,3)26(19-10-6-4-7-11-19,20-12-8-5-9-13-20)25-18-23-14-22(15-23,16-23)17-24/h4-13,17H,14-16,18H2,1-3H3. The lowest BCUT2D eigenvalue weighted by Crippen LogP contribution is -2.70. The van der Waals surface area contributed by atoms with Crippen LogP contribution < -0.4 is 10.4 Å². The number of hydrogen-bond donors (Lipinski definition) is 0. The zero-order valence-electron chi connectivity index (χ0n) is 16.0. The maximum Gasteiger partial charge on any atom is 0.261 e. The maximum atomic E-state index is 11.3. The Morgan fingerprint density at radius 2 is 1.38 bits per heavy atom. The molecular weight excluding hydrogens is 336 g/mol. The van der Waals surface area contributed by atoms with Gasteiger partial charge in [0.25, 0.3) is 8.32 Å². The Morgan fingerprint density at radius 1 is 0.923 bits per heavy atom. The van der Waals surface area contributed by atoms with Crippen molar-refractivity contribution in [2.24, 2.45) is 10.8 Å². The summed E-state index contributed by atoms with van der Waals surface area (Å²) in [6, 6.07) is 21.6. The lowest BCUT2D eigenvalue weighted by atomic mass is 9.36. The van der Waals surface area contributed by atoms with Gasteiger partial charge in [0.05, 0.1) is 0 Å². The van der Waals surface area contributed by atoms with Crippen LogP contribution in [-0.2, 0) is 9.22 Å². The van der Waals surface area contributed by atoms with Crippen molar-refractivity contribution in [3.8, 4) is 0 Å². The van der Waals surface area contributed by atoms with Crippen molar-refractivity contribution < 1.29 is 9.22 Å². The van der Waals surface area contributed by atoms with Crippen molar-refractivity contribution in [2.45, 2.75) is 45.1 Å². The van der Waals surface area contributed by atoms with Gasteiger partial charge in [0.1, 0.15) is 6.29 Å². The highest BCUT2D eigenvalue weighted by molar-refractivity contribution is 6.99. The summed E-state index contributed by atoms with van der Waals surface area (Å²) < 4.78 is 7.02. The topological polar surface area (TPSA) is 26.3 Å². The van der Waals surface area contributed by atoms with Crippen LogP contribution in [0.5, 0.6) is 0 Å². The Labute approximate surface area is 157 Å². The molecule has 0 aliphatic heterocycles. The maximum absolute atomic E-state index is 11.3. The van der Waals surface area contributed by atoms with E-state index in [0.717, 1.165) is 25.9 Å². The molecule has 2 aromatic rings. The van der Waals surface area contributed by atoms with E-state index in [2.05, 4.69) is 81.4 Å². The van der Waals surface area contributed by atoms with E-state index < -0.39 is 8.32 Å². The molecule has 2 nitrogen and oxygen atoms in total. The second-order valence-corrected chi connectivity index (χ2v) is 13.8. The zero-order valence-corrected chi connectivity index (χ0v) is 17.0. The summed E-state index contributed by atoms with van der Waals surface area (Å²) in [7, 11) is -2.44. The van der Waals surface area contributed by atoms with Gasteiger partial charge in [0, 0.05) is 12.0 Å². The molecule has 136 valence electrons. The Kier molecular flexibility index (Phi) is 4.01. The molecule has 3 saturated carbocycles. The average Bonchev–Trinajstić information content (AvgIpc) is 2.56. The van der Waals surface area contributed by atoms with Gasteiger partial charge < -0.3 is 9.22 Å². The van der Waals surface area contributed by atoms with E-state index in [9.17, 15) is 4.79 Å². The summed E-state index contributed by atoms with van der Waals surface area (Å²) in [5, 5.41) is 2.67. The van der Waals surface area contributed by atoms with Crippen molar-refractivity contribution in [3.05, 3.63) is 60.7 Å². The quantitative estimate of drug-likeness (QED) is 0.573. The highest BCUT2D eigenvalue weighted by Gasteiger charge is 2.68. The number of carbonyl (C=O) groups excluding carboxylic acids is 1. The molecule has 0 heterocycles. The van der Waals surface area contributed by atoms with Crippen LogP contribution in [0.2, 0.25) is 5.04 Å². The van der Waals surface area contributed by atoms with Gasteiger partial charge in [-0.1, -0.05) is 81.4 Å². The van der Waals surface area contributed by atoms with Crippen LogP contribution in [0.15, 0.2) is 60.7 Å². The molecule has 0 N–H and O–H groups in total. The highest BCUT2D eigenvalue weighted by Crippen LogP contribution is 2.72. The minimum absolute atomic E-state index is 0.00516. The molecule has 0 unspecified atom stereocenters. The Balaban J connectivity index is 1.73. The van der Waals surface area contributed by atoms with Crippen LogP contribution in [0.4, 0.5) is 0 Å². The minimum Gasteiger partial charge on any atom is -0.407 e. The van der Waals surface area contributed by atoms with E-state index in [1.54, 1.807) is 0 Å². The first-order chi connectivity index (χ1) is 12.3. The SMILES string of the molecule is CC(C)(C)[Si](OCC12CC(C=O)(C1)C2)(c1ccccc1)c1ccccc1. The molecule has 2 aromatic carbocycles. The molecule has 0 spiro atoms. The van der Waals surface area contributed by atoms with E-state index in [0.29, 0.717) is 0 Å². The predicted octanol–water partition coefficient (Wildman–Crippen LogP) is 3.93. The smallest absolute Gasteiger partial charge is 0.261 e. The molecule has 3 aliphatic rings. The Hall–Kier alpha value is -1.71. The predicted molar refractivity (Wildman–Crippen MR) is 108 cm³/mol. The Bertz CT molecular complexity index is 733. The molecule has 5 rings (SSSR count). The molecule has 0 radical (unpaired) electrons. The number of rotatable bonds is 6. The van der Waals surface area contributed by atoms with E-state index in [1.165, 1.54) is 16.7 Å². The van der Waals surface area contributed by atoms with Crippen molar-refractivity contribution in [1.29, 1.82) is 0 Å². The van der Waals surface area contributed by atoms with E-state index in [1.807, 2.05) is 0 Å². The fourth-order valence-electron chi connectivity index (χ4n) is 5.39. The van der Waals surface area contributed by atoms with Gasteiger partial charge in [-0.2, -0.15) is 0 Å². The van der Waals surface area contributed by atoms with Gasteiger partial charge in [-0.05, 0) is 40.1 Å². The number of aldehydes is 1. The zero-order chi connectivity index (χ0) is 18.5. The van der Waals surface area contributed by atoms with Crippen molar-refractivity contribution >= 4 is 25.0 Å². The normalized spacial score (nSPS) is 27.3. The second-order valence-electron chi connectivity index (χ2n) is 9.46. The summed E-state index contributed by atoms with van der Waals surface area (Å²) in [6.45, 7) is 7.71. The average molecular weight is 365 g/mol. The van der Waals surface area contributed by atoms with Gasteiger partial charge in [-0.25, -0.2) is 0 Å². The molecule has 2 bridgehead atoms. The third-order valence-electron chi connectivity index (χ3n) is 6.44. The largest absolute Gasteiger partial charge is 0.407 e. The molecule has 0 atom stereocenters. The molecule has 0 aromatic heterocycles. The van der Waals surface area contributed by atoms with Gasteiger partial charge in [0.2, 0.25) is 0 Å². The summed E-state index contributed by atoms with van der Waals surface area (Å²) in [6.07, 6.45) is 4.22. The third-order valence-corrected chi connectivity index (χ3v) is 11.4. The number of benzene rings is 2. The first kappa shape index (κ1) is 17.7.